The number of rotatable bonds is 27. The largest absolute Gasteiger partial charge is 0.321 e. The van der Waals surface area contributed by atoms with Crippen LogP contribution in [0, 0.1) is 23.7 Å². The van der Waals surface area contributed by atoms with Crippen molar-refractivity contribution in [2.75, 3.05) is 5.32 Å². The highest BCUT2D eigenvalue weighted by Gasteiger charge is 2.47. The molecule has 2 aliphatic carbocycles. The van der Waals surface area contributed by atoms with Gasteiger partial charge in [0.1, 0.15) is 5.69 Å². The third-order valence-electron chi connectivity index (χ3n) is 17.8. The van der Waals surface area contributed by atoms with Gasteiger partial charge < -0.3 is 9.88 Å². The van der Waals surface area contributed by atoms with Crippen molar-refractivity contribution in [2.24, 2.45) is 23.7 Å². The zero-order valence-electron chi connectivity index (χ0n) is 45.4. The number of nitrogens with one attached hydrogen (secondary N) is 1. The summed E-state index contributed by atoms with van der Waals surface area (Å²) in [5, 5.41) is 5.62. The lowest BCUT2D eigenvalue weighted by molar-refractivity contribution is 0.102. The third-order valence-corrected chi connectivity index (χ3v) is 18.8. The molecule has 4 atom stereocenters. The minimum absolute atomic E-state index is 0.0704. The lowest BCUT2D eigenvalue weighted by atomic mass is 9.65. The molecular formula is C67H86Br2N2O. The number of halogens is 2. The molecule has 1 aromatic heterocycles. The van der Waals surface area contributed by atoms with Gasteiger partial charge in [0.05, 0.1) is 0 Å². The molecule has 384 valence electrons. The van der Waals surface area contributed by atoms with Crippen LogP contribution in [0.1, 0.15) is 217 Å². The van der Waals surface area contributed by atoms with Gasteiger partial charge in [0.2, 0.25) is 0 Å². The summed E-state index contributed by atoms with van der Waals surface area (Å²) < 4.78 is 4.52. The monoisotopic (exact) mass is 1090 g/mol. The zero-order chi connectivity index (χ0) is 51.0. The molecule has 0 radical (unpaired) electrons. The second-order valence-electron chi connectivity index (χ2n) is 22.4. The minimum Gasteiger partial charge on any atom is -0.321 e. The summed E-state index contributed by atoms with van der Waals surface area (Å²) in [7, 11) is 0. The van der Waals surface area contributed by atoms with Gasteiger partial charge in [-0.25, -0.2) is 0 Å². The Hall–Kier alpha value is -3.93. The molecule has 3 nitrogen and oxygen atoms in total. The first-order valence-electron chi connectivity index (χ1n) is 28.8. The number of amides is 1. The third kappa shape index (κ3) is 11.1. The van der Waals surface area contributed by atoms with Crippen molar-refractivity contribution in [3.8, 4) is 27.9 Å². The van der Waals surface area contributed by atoms with Gasteiger partial charge >= 0.3 is 0 Å². The molecule has 8 rings (SSSR count). The predicted molar refractivity (Wildman–Crippen MR) is 317 cm³/mol. The normalized spacial score (nSPS) is 18.4. The van der Waals surface area contributed by atoms with E-state index in [1.165, 1.54) is 147 Å². The summed E-state index contributed by atoms with van der Waals surface area (Å²) in [6, 6.07) is 36.6. The quantitative estimate of drug-likeness (QED) is 0.0548. The summed E-state index contributed by atoms with van der Waals surface area (Å²) >= 11 is 7.91. The second-order valence-corrected chi connectivity index (χ2v) is 24.2. The molecule has 0 aliphatic heterocycles. The summed E-state index contributed by atoms with van der Waals surface area (Å²) in [5.41, 5.74) is 13.5. The van der Waals surface area contributed by atoms with Gasteiger partial charge in [0.25, 0.3) is 5.91 Å². The van der Waals surface area contributed by atoms with Gasteiger partial charge in [-0.3, -0.25) is 4.79 Å². The van der Waals surface area contributed by atoms with Crippen LogP contribution in [-0.4, -0.2) is 10.5 Å². The summed E-state index contributed by atoms with van der Waals surface area (Å²) in [4.78, 5) is 15.5. The molecule has 4 unspecified atom stereocenters. The summed E-state index contributed by atoms with van der Waals surface area (Å²) in [5.74, 6) is 2.42. The highest BCUT2D eigenvalue weighted by Crippen LogP contribution is 2.59. The van der Waals surface area contributed by atoms with Crippen LogP contribution in [0.2, 0.25) is 0 Å². The van der Waals surface area contributed by atoms with Crippen LogP contribution in [0.25, 0.3) is 38.7 Å². The van der Waals surface area contributed by atoms with E-state index in [1.54, 1.807) is 0 Å². The van der Waals surface area contributed by atoms with E-state index in [4.69, 9.17) is 0 Å². The van der Waals surface area contributed by atoms with Gasteiger partial charge in [-0.2, -0.15) is 0 Å². The number of anilines is 1. The molecule has 5 aromatic carbocycles. The number of aromatic nitrogens is 1. The maximum absolute atomic E-state index is 15.5. The molecule has 1 amide bonds. The first-order valence-corrected chi connectivity index (χ1v) is 30.4. The van der Waals surface area contributed by atoms with E-state index in [0.717, 1.165) is 56.8 Å². The van der Waals surface area contributed by atoms with Gasteiger partial charge in [0, 0.05) is 48.1 Å². The molecule has 1 N–H and O–H groups in total. The van der Waals surface area contributed by atoms with Crippen molar-refractivity contribution in [3.63, 3.8) is 0 Å². The molecule has 72 heavy (non-hydrogen) atoms. The Kier molecular flexibility index (Phi) is 18.6. The maximum atomic E-state index is 15.5. The molecule has 1 heterocycles. The molecule has 5 heteroatoms. The highest BCUT2D eigenvalue weighted by atomic mass is 79.9. The van der Waals surface area contributed by atoms with Crippen LogP contribution in [-0.2, 0) is 10.8 Å². The molecule has 0 bridgehead atoms. The van der Waals surface area contributed by atoms with Gasteiger partial charge in [-0.15, -0.1) is 0 Å². The predicted octanol–water partition coefficient (Wildman–Crippen LogP) is 21.4. The Morgan fingerprint density at radius 2 is 0.903 bits per heavy atom. The van der Waals surface area contributed by atoms with Crippen LogP contribution in [0.4, 0.5) is 5.69 Å². The van der Waals surface area contributed by atoms with E-state index in [-0.39, 0.29) is 16.7 Å². The Balaban J connectivity index is 1.25. The lowest BCUT2D eigenvalue weighted by Crippen LogP contribution is -2.32. The van der Waals surface area contributed by atoms with Crippen LogP contribution < -0.4 is 5.32 Å². The second kappa shape index (κ2) is 24.6. The van der Waals surface area contributed by atoms with Crippen molar-refractivity contribution in [2.45, 2.75) is 195 Å². The Morgan fingerprint density at radius 1 is 0.500 bits per heavy atom. The van der Waals surface area contributed by atoms with Gasteiger partial charge in [-0.05, 0) is 142 Å². The number of hydrogen-bond acceptors (Lipinski definition) is 1. The fourth-order valence-electron chi connectivity index (χ4n) is 13.7. The van der Waals surface area contributed by atoms with Crippen molar-refractivity contribution >= 4 is 54.2 Å². The smallest absolute Gasteiger partial charge is 0.273 e. The number of carbonyl (C=O) groups is 1. The van der Waals surface area contributed by atoms with Gasteiger partial charge in [-0.1, -0.05) is 239 Å². The first-order chi connectivity index (χ1) is 35.0. The van der Waals surface area contributed by atoms with Crippen LogP contribution in [0.5, 0.6) is 0 Å². The molecule has 2 aliphatic rings. The Bertz CT molecular complexity index is 2740. The fraction of sp³-hybridized carbons (Fsp3) is 0.507. The Labute approximate surface area is 452 Å². The maximum Gasteiger partial charge on any atom is 0.273 e. The Morgan fingerprint density at radius 3 is 1.35 bits per heavy atom. The van der Waals surface area contributed by atoms with E-state index >= 15 is 4.79 Å². The molecule has 0 saturated carbocycles. The fourth-order valence-corrected chi connectivity index (χ4v) is 14.4. The molecule has 0 spiro atoms. The van der Waals surface area contributed by atoms with Crippen LogP contribution in [0.3, 0.4) is 0 Å². The van der Waals surface area contributed by atoms with E-state index < -0.39 is 0 Å². The minimum atomic E-state index is -0.143. The van der Waals surface area contributed by atoms with Gasteiger partial charge in [0.15, 0.2) is 0 Å². The zero-order valence-corrected chi connectivity index (χ0v) is 48.5. The van der Waals surface area contributed by atoms with Crippen LogP contribution >= 0.6 is 31.9 Å². The van der Waals surface area contributed by atoms with Crippen molar-refractivity contribution in [1.82, 2.24) is 4.57 Å². The molecule has 0 saturated heterocycles. The summed E-state index contributed by atoms with van der Waals surface area (Å²) in [6.07, 6.45) is 26.4. The first kappa shape index (κ1) is 54.3. The van der Waals surface area contributed by atoms with Crippen molar-refractivity contribution in [1.29, 1.82) is 0 Å². The average Bonchev–Trinajstić information content (AvgIpc) is 4.00. The molecule has 0 fully saturated rings. The SMILES string of the molecule is CCCCC(CC)CC1(CC(CC)CCCC)c2cc(Br)ccc2-c2ccc(NC(=O)c3c4ccccc4cn3-c3ccc4c(c3)C(CC(CC)CCCC)(CC(CC)CCCC)c3cc(Br)ccc3-4)cc21. The number of fused-ring (bicyclic) bond motifs is 7. The number of hydrogen-bond donors (Lipinski definition) is 1. The molecule has 6 aromatic rings. The number of unbranched alkanes of at least 4 members (excludes halogenated alkanes) is 4. The lowest BCUT2D eigenvalue weighted by Gasteiger charge is -2.39. The van der Waals surface area contributed by atoms with E-state index in [2.05, 4.69) is 200 Å². The number of carbonyl (C=O) groups excluding carboxylic acids is 1. The van der Waals surface area contributed by atoms with E-state index in [9.17, 15) is 0 Å². The highest BCUT2D eigenvalue weighted by molar-refractivity contribution is 9.10. The topological polar surface area (TPSA) is 34.0 Å². The van der Waals surface area contributed by atoms with E-state index in [1.807, 2.05) is 0 Å². The van der Waals surface area contributed by atoms with E-state index in [0.29, 0.717) is 29.4 Å². The van der Waals surface area contributed by atoms with Crippen molar-refractivity contribution < 1.29 is 4.79 Å². The average molecular weight is 1100 g/mol. The number of benzene rings is 5. The van der Waals surface area contributed by atoms with Crippen LogP contribution in [0.15, 0.2) is 112 Å². The molecular weight excluding hydrogens is 1010 g/mol. The standard InChI is InChI=1S/C67H86Br2N2O/c1-9-17-23-46(13-5)41-66(42-47(14-6)24-18-10-2)60-37-51(68)29-33-56(60)58-35-31-53(39-62(58)66)70-65(72)64-55-28-22-21-27-50(55)45-71(64)54-32-36-59-57-34-30-52(69)38-61(57)67(63(59)40-54,43-48(15-7)25-19-11-3)44-49(16-8)26-20-12-4/h21-22,27-40,45-49H,9-20,23-26,41-44H2,1-8H3,(H,70,72). The summed E-state index contributed by atoms with van der Waals surface area (Å²) in [6.45, 7) is 19.0. The number of nitrogens with zero attached hydrogens (tertiary/aromatic N) is 1. The van der Waals surface area contributed by atoms with Crippen molar-refractivity contribution in [3.05, 3.63) is 140 Å².